The van der Waals surface area contributed by atoms with E-state index in [2.05, 4.69) is 5.32 Å². The molecule has 5 nitrogen and oxygen atoms in total. The molecule has 0 atom stereocenters. The average Bonchev–Trinajstić information content (AvgIpc) is 2.44. The van der Waals surface area contributed by atoms with E-state index < -0.39 is 11.9 Å². The second-order valence-corrected chi connectivity index (χ2v) is 4.71. The number of nitrogens with one attached hydrogen (secondary N) is 1. The molecule has 0 saturated carbocycles. The van der Waals surface area contributed by atoms with Crippen molar-refractivity contribution in [2.24, 2.45) is 0 Å². The van der Waals surface area contributed by atoms with Crippen molar-refractivity contribution in [1.82, 2.24) is 5.32 Å². The second kappa shape index (κ2) is 7.36. The maximum Gasteiger partial charge on any atom is 0.341 e. The first-order valence-corrected chi connectivity index (χ1v) is 6.28. The Morgan fingerprint density at radius 2 is 1.86 bits per heavy atom. The van der Waals surface area contributed by atoms with Crippen molar-refractivity contribution in [3.05, 3.63) is 51.8 Å². The molecule has 0 spiro atoms. The molecule has 0 aromatic heterocycles. The summed E-state index contributed by atoms with van der Waals surface area (Å²) in [6.07, 6.45) is 2.66. The number of carboxylic acid groups (broad SMARTS) is 1. The number of aliphatic carboxylic acids is 1. The van der Waals surface area contributed by atoms with E-state index in [1.54, 1.807) is 12.1 Å². The lowest BCUT2D eigenvalue weighted by Crippen LogP contribution is -2.20. The van der Waals surface area contributed by atoms with Crippen molar-refractivity contribution in [3.8, 4) is 5.75 Å². The predicted octanol–water partition coefficient (Wildman–Crippen LogP) is 3.17. The Labute approximate surface area is 136 Å². The molecule has 0 radical (unpaired) electrons. The van der Waals surface area contributed by atoms with Crippen molar-refractivity contribution in [2.75, 3.05) is 0 Å². The van der Waals surface area contributed by atoms with Gasteiger partial charge in [0.15, 0.2) is 5.75 Å². The Morgan fingerprint density at radius 1 is 1.19 bits per heavy atom. The predicted molar refractivity (Wildman–Crippen MR) is 80.9 cm³/mol. The van der Waals surface area contributed by atoms with Gasteiger partial charge in [-0.15, -0.1) is 12.4 Å². The van der Waals surface area contributed by atoms with Crippen LogP contribution in [0.2, 0.25) is 10.0 Å². The maximum absolute atomic E-state index is 11.9. The third-order valence-electron chi connectivity index (χ3n) is 2.55. The van der Waals surface area contributed by atoms with Crippen LogP contribution in [0.4, 0.5) is 0 Å². The van der Waals surface area contributed by atoms with Crippen LogP contribution in [0.15, 0.2) is 41.7 Å². The van der Waals surface area contributed by atoms with E-state index in [4.69, 9.17) is 33.0 Å². The van der Waals surface area contributed by atoms with Gasteiger partial charge in [-0.2, -0.15) is 0 Å². The molecule has 0 aliphatic carbocycles. The van der Waals surface area contributed by atoms with E-state index in [1.165, 1.54) is 18.5 Å². The molecule has 2 rings (SSSR count). The Bertz CT molecular complexity index is 640. The first-order valence-electron chi connectivity index (χ1n) is 5.52. The standard InChI is InChI=1S/C13H9Cl2NO4.ClH/c14-9-2-1-3-10(11(9)15)20-13(19)8-4-7(12(17)18)5-16-6-8;/h1-3,5-6,16H,4H2,(H,17,18);1H. The van der Waals surface area contributed by atoms with Gasteiger partial charge in [0.1, 0.15) is 5.02 Å². The Morgan fingerprint density at radius 3 is 2.52 bits per heavy atom. The van der Waals surface area contributed by atoms with Crippen LogP contribution in [-0.4, -0.2) is 17.0 Å². The zero-order valence-electron chi connectivity index (χ0n) is 10.4. The zero-order chi connectivity index (χ0) is 14.7. The third-order valence-corrected chi connectivity index (χ3v) is 3.35. The molecule has 1 aromatic carbocycles. The molecule has 2 N–H and O–H groups in total. The van der Waals surface area contributed by atoms with Gasteiger partial charge in [-0.25, -0.2) is 9.59 Å². The van der Waals surface area contributed by atoms with Gasteiger partial charge in [0.25, 0.3) is 0 Å². The monoisotopic (exact) mass is 349 g/mol. The number of ether oxygens (including phenoxy) is 1. The summed E-state index contributed by atoms with van der Waals surface area (Å²) >= 11 is 11.7. The van der Waals surface area contributed by atoms with Gasteiger partial charge in [-0.1, -0.05) is 29.3 Å². The highest BCUT2D eigenvalue weighted by molar-refractivity contribution is 6.43. The Balaban J connectivity index is 0.00000220. The number of esters is 1. The van der Waals surface area contributed by atoms with Crippen molar-refractivity contribution in [1.29, 1.82) is 0 Å². The molecular formula is C13H10Cl3NO4. The molecule has 1 aromatic rings. The normalized spacial score (nSPS) is 13.2. The van der Waals surface area contributed by atoms with Crippen LogP contribution in [0, 0.1) is 0 Å². The van der Waals surface area contributed by atoms with E-state index in [9.17, 15) is 9.59 Å². The smallest absolute Gasteiger partial charge is 0.341 e. The van der Waals surface area contributed by atoms with E-state index >= 15 is 0 Å². The molecule has 112 valence electrons. The highest BCUT2D eigenvalue weighted by Gasteiger charge is 2.21. The molecule has 1 aliphatic rings. The summed E-state index contributed by atoms with van der Waals surface area (Å²) in [6.45, 7) is 0. The number of rotatable bonds is 3. The van der Waals surface area contributed by atoms with Crippen LogP contribution < -0.4 is 10.1 Å². The zero-order valence-corrected chi connectivity index (χ0v) is 12.8. The molecule has 0 amide bonds. The van der Waals surface area contributed by atoms with Crippen LogP contribution in [0.3, 0.4) is 0 Å². The maximum atomic E-state index is 11.9. The molecule has 1 heterocycles. The number of carbonyl (C=O) groups is 2. The quantitative estimate of drug-likeness (QED) is 0.647. The van der Waals surface area contributed by atoms with Gasteiger partial charge < -0.3 is 15.2 Å². The van der Waals surface area contributed by atoms with Gasteiger partial charge in [0.05, 0.1) is 16.2 Å². The lowest BCUT2D eigenvalue weighted by molar-refractivity contribution is -0.132. The molecule has 0 unspecified atom stereocenters. The number of carbonyl (C=O) groups excluding carboxylic acids is 1. The lowest BCUT2D eigenvalue weighted by Gasteiger charge is -2.13. The SMILES string of the molecule is Cl.O=C(O)C1=CNC=C(C(=O)Oc2cccc(Cl)c2Cl)C1. The number of hydrogen-bond acceptors (Lipinski definition) is 4. The molecule has 0 bridgehead atoms. The fourth-order valence-corrected chi connectivity index (χ4v) is 1.88. The van der Waals surface area contributed by atoms with Gasteiger partial charge >= 0.3 is 11.9 Å². The summed E-state index contributed by atoms with van der Waals surface area (Å²) in [6, 6.07) is 4.65. The van der Waals surface area contributed by atoms with Crippen molar-refractivity contribution >= 4 is 47.5 Å². The first kappa shape index (κ1) is 17.4. The minimum absolute atomic E-state index is 0. The molecule has 1 aliphatic heterocycles. The van der Waals surface area contributed by atoms with E-state index in [0.29, 0.717) is 0 Å². The summed E-state index contributed by atoms with van der Waals surface area (Å²) in [4.78, 5) is 22.8. The lowest BCUT2D eigenvalue weighted by atomic mass is 10.1. The highest BCUT2D eigenvalue weighted by Crippen LogP contribution is 2.32. The molecule has 21 heavy (non-hydrogen) atoms. The largest absolute Gasteiger partial charge is 0.478 e. The summed E-state index contributed by atoms with van der Waals surface area (Å²) in [5, 5.41) is 11.9. The van der Waals surface area contributed by atoms with Crippen LogP contribution in [0.1, 0.15) is 6.42 Å². The number of benzene rings is 1. The van der Waals surface area contributed by atoms with Crippen LogP contribution in [0.5, 0.6) is 5.75 Å². The van der Waals surface area contributed by atoms with E-state index in [1.807, 2.05) is 0 Å². The van der Waals surface area contributed by atoms with E-state index in [0.717, 1.165) is 0 Å². The highest BCUT2D eigenvalue weighted by atomic mass is 35.5. The van der Waals surface area contributed by atoms with Gasteiger partial charge in [0.2, 0.25) is 0 Å². The Hall–Kier alpha value is -1.69. The van der Waals surface area contributed by atoms with Crippen molar-refractivity contribution in [2.45, 2.75) is 6.42 Å². The summed E-state index contributed by atoms with van der Waals surface area (Å²) in [7, 11) is 0. The summed E-state index contributed by atoms with van der Waals surface area (Å²) in [5.41, 5.74) is 0.248. The molecule has 0 saturated heterocycles. The number of hydrogen-bond donors (Lipinski definition) is 2. The second-order valence-electron chi connectivity index (χ2n) is 3.93. The van der Waals surface area contributed by atoms with Crippen molar-refractivity contribution in [3.63, 3.8) is 0 Å². The summed E-state index contributed by atoms with van der Waals surface area (Å²) < 4.78 is 5.11. The van der Waals surface area contributed by atoms with Gasteiger partial charge in [-0.05, 0) is 12.1 Å². The third kappa shape index (κ3) is 4.14. The number of dihydropyridines is 1. The minimum atomic E-state index is -1.10. The first-order chi connectivity index (χ1) is 9.49. The Kier molecular flexibility index (Phi) is 6.08. The van der Waals surface area contributed by atoms with Gasteiger partial charge in [0, 0.05) is 18.8 Å². The molecule has 8 heteroatoms. The summed E-state index contributed by atoms with van der Waals surface area (Å²) in [5.74, 6) is -1.67. The van der Waals surface area contributed by atoms with Gasteiger partial charge in [-0.3, -0.25) is 0 Å². The molecule has 0 fully saturated rings. The average molecular weight is 351 g/mol. The number of carboxylic acids is 1. The fraction of sp³-hybridized carbons (Fsp3) is 0.0769. The van der Waals surface area contributed by atoms with Crippen LogP contribution in [0.25, 0.3) is 0 Å². The topological polar surface area (TPSA) is 75.6 Å². The van der Waals surface area contributed by atoms with Crippen LogP contribution in [-0.2, 0) is 9.59 Å². The van der Waals surface area contributed by atoms with Crippen molar-refractivity contribution < 1.29 is 19.4 Å². The van der Waals surface area contributed by atoms with Crippen LogP contribution >= 0.6 is 35.6 Å². The number of halogens is 3. The fourth-order valence-electron chi connectivity index (χ4n) is 1.55. The van der Waals surface area contributed by atoms with E-state index in [-0.39, 0.29) is 45.8 Å². The minimum Gasteiger partial charge on any atom is -0.478 e. The molecular weight excluding hydrogens is 341 g/mol.